The molecule has 0 saturated heterocycles. The van der Waals surface area contributed by atoms with E-state index in [1.165, 1.54) is 11.3 Å². The van der Waals surface area contributed by atoms with Gasteiger partial charge in [-0.15, -0.1) is 10.2 Å². The molecule has 0 spiro atoms. The molecule has 2 aromatic rings. The molecule has 14 heavy (non-hydrogen) atoms. The molecular weight excluding hydrogens is 266 g/mol. The SMILES string of the molecule is COc1cnccc1-c1nnc(Br)s1. The second-order valence-corrected chi connectivity index (χ2v) is 4.69. The summed E-state index contributed by atoms with van der Waals surface area (Å²) in [6, 6.07) is 1.85. The fraction of sp³-hybridized carbons (Fsp3) is 0.125. The summed E-state index contributed by atoms with van der Waals surface area (Å²) in [6.07, 6.45) is 3.36. The summed E-state index contributed by atoms with van der Waals surface area (Å²) in [5.41, 5.74) is 0.908. The third kappa shape index (κ3) is 1.76. The van der Waals surface area contributed by atoms with Crippen molar-refractivity contribution in [2.24, 2.45) is 0 Å². The van der Waals surface area contributed by atoms with Gasteiger partial charge in [-0.3, -0.25) is 4.98 Å². The fourth-order valence-corrected chi connectivity index (χ4v) is 2.17. The van der Waals surface area contributed by atoms with Crippen LogP contribution in [-0.4, -0.2) is 22.3 Å². The van der Waals surface area contributed by atoms with Crippen molar-refractivity contribution in [2.45, 2.75) is 0 Å². The smallest absolute Gasteiger partial charge is 0.183 e. The highest BCUT2D eigenvalue weighted by Crippen LogP contribution is 2.32. The van der Waals surface area contributed by atoms with Gasteiger partial charge in [0.15, 0.2) is 8.92 Å². The van der Waals surface area contributed by atoms with Crippen molar-refractivity contribution in [1.82, 2.24) is 15.2 Å². The van der Waals surface area contributed by atoms with Crippen molar-refractivity contribution in [3.63, 3.8) is 0 Å². The van der Waals surface area contributed by atoms with E-state index < -0.39 is 0 Å². The van der Waals surface area contributed by atoms with E-state index in [0.29, 0.717) is 5.75 Å². The Morgan fingerprint density at radius 3 is 2.93 bits per heavy atom. The van der Waals surface area contributed by atoms with Crippen LogP contribution in [0.25, 0.3) is 10.6 Å². The number of hydrogen-bond donors (Lipinski definition) is 0. The van der Waals surface area contributed by atoms with Crippen molar-refractivity contribution in [3.05, 3.63) is 22.4 Å². The summed E-state index contributed by atoms with van der Waals surface area (Å²) < 4.78 is 5.93. The zero-order chi connectivity index (χ0) is 9.97. The van der Waals surface area contributed by atoms with Crippen LogP contribution in [0.2, 0.25) is 0 Å². The molecule has 0 radical (unpaired) electrons. The molecule has 0 aliphatic carbocycles. The first-order valence-electron chi connectivity index (χ1n) is 3.78. The van der Waals surface area contributed by atoms with E-state index in [0.717, 1.165) is 14.5 Å². The van der Waals surface area contributed by atoms with E-state index in [4.69, 9.17) is 4.74 Å². The Labute approximate surface area is 93.1 Å². The van der Waals surface area contributed by atoms with Crippen LogP contribution in [0.1, 0.15) is 0 Å². The molecule has 2 rings (SSSR count). The van der Waals surface area contributed by atoms with Gasteiger partial charge in [0.25, 0.3) is 0 Å². The normalized spacial score (nSPS) is 10.1. The van der Waals surface area contributed by atoms with Crippen LogP contribution in [0, 0.1) is 0 Å². The van der Waals surface area contributed by atoms with Crippen LogP contribution < -0.4 is 4.74 Å². The lowest BCUT2D eigenvalue weighted by Gasteiger charge is -2.02. The largest absolute Gasteiger partial charge is 0.494 e. The van der Waals surface area contributed by atoms with Crippen molar-refractivity contribution >= 4 is 27.3 Å². The summed E-state index contributed by atoms with van der Waals surface area (Å²) in [5, 5.41) is 8.70. The maximum absolute atomic E-state index is 5.17. The minimum Gasteiger partial charge on any atom is -0.494 e. The van der Waals surface area contributed by atoms with Gasteiger partial charge in [0, 0.05) is 6.20 Å². The number of rotatable bonds is 2. The molecule has 0 aliphatic rings. The van der Waals surface area contributed by atoms with Gasteiger partial charge in [0.2, 0.25) is 0 Å². The van der Waals surface area contributed by atoms with Crippen molar-refractivity contribution < 1.29 is 4.74 Å². The minimum absolute atomic E-state index is 0.705. The van der Waals surface area contributed by atoms with Crippen LogP contribution in [0.15, 0.2) is 22.4 Å². The molecule has 4 nitrogen and oxygen atoms in total. The van der Waals surface area contributed by atoms with Crippen molar-refractivity contribution in [3.8, 4) is 16.3 Å². The number of ether oxygens (including phenoxy) is 1. The summed E-state index contributed by atoms with van der Waals surface area (Å²) >= 11 is 4.72. The molecule has 2 aromatic heterocycles. The molecule has 0 amide bonds. The lowest BCUT2D eigenvalue weighted by molar-refractivity contribution is 0.414. The molecule has 0 unspecified atom stereocenters. The highest BCUT2D eigenvalue weighted by atomic mass is 79.9. The third-order valence-corrected chi connectivity index (χ3v) is 3.02. The first-order chi connectivity index (χ1) is 6.81. The summed E-state index contributed by atoms with van der Waals surface area (Å²) in [5.74, 6) is 0.705. The van der Waals surface area contributed by atoms with Gasteiger partial charge >= 0.3 is 0 Å². The van der Waals surface area contributed by atoms with Gasteiger partial charge in [-0.25, -0.2) is 0 Å². The van der Waals surface area contributed by atoms with Gasteiger partial charge in [-0.2, -0.15) is 0 Å². The number of halogens is 1. The summed E-state index contributed by atoms with van der Waals surface area (Å²) in [7, 11) is 1.61. The molecule has 0 saturated carbocycles. The number of hydrogen-bond acceptors (Lipinski definition) is 5. The molecule has 0 N–H and O–H groups in total. The fourth-order valence-electron chi connectivity index (χ4n) is 1.03. The summed E-state index contributed by atoms with van der Waals surface area (Å²) in [4.78, 5) is 3.97. The second-order valence-electron chi connectivity index (χ2n) is 2.44. The number of methoxy groups -OCH3 is 1. The highest BCUT2D eigenvalue weighted by molar-refractivity contribution is 9.11. The Morgan fingerprint density at radius 2 is 2.29 bits per heavy atom. The number of nitrogens with zero attached hydrogens (tertiary/aromatic N) is 3. The Kier molecular flexibility index (Phi) is 2.74. The minimum atomic E-state index is 0.705. The lowest BCUT2D eigenvalue weighted by atomic mass is 10.2. The Bertz CT molecular complexity index is 446. The molecule has 2 heterocycles. The zero-order valence-electron chi connectivity index (χ0n) is 7.27. The van der Waals surface area contributed by atoms with Gasteiger partial charge in [0.1, 0.15) is 5.75 Å². The third-order valence-electron chi connectivity index (χ3n) is 1.64. The second kappa shape index (κ2) is 4.02. The molecule has 72 valence electrons. The van der Waals surface area contributed by atoms with E-state index in [1.54, 1.807) is 19.5 Å². The Balaban J connectivity index is 2.50. The molecule has 0 fully saturated rings. The van der Waals surface area contributed by atoms with Gasteiger partial charge in [-0.1, -0.05) is 11.3 Å². The molecule has 6 heteroatoms. The predicted molar refractivity (Wildman–Crippen MR) is 57.4 cm³/mol. The first-order valence-corrected chi connectivity index (χ1v) is 5.39. The van der Waals surface area contributed by atoms with E-state index in [1.807, 2.05) is 6.07 Å². The lowest BCUT2D eigenvalue weighted by Crippen LogP contribution is -1.88. The Morgan fingerprint density at radius 1 is 1.43 bits per heavy atom. The topological polar surface area (TPSA) is 47.9 Å². The number of pyridine rings is 1. The van der Waals surface area contributed by atoms with Crippen LogP contribution in [0.4, 0.5) is 0 Å². The van der Waals surface area contributed by atoms with Crippen LogP contribution in [-0.2, 0) is 0 Å². The monoisotopic (exact) mass is 271 g/mol. The standard InChI is InChI=1S/C8H6BrN3OS/c1-13-6-4-10-3-2-5(6)7-11-12-8(9)14-7/h2-4H,1H3. The van der Waals surface area contributed by atoms with E-state index in [2.05, 4.69) is 31.1 Å². The van der Waals surface area contributed by atoms with E-state index >= 15 is 0 Å². The molecule has 0 aromatic carbocycles. The predicted octanol–water partition coefficient (Wildman–Crippen LogP) is 2.37. The maximum Gasteiger partial charge on any atom is 0.183 e. The average molecular weight is 272 g/mol. The van der Waals surface area contributed by atoms with Crippen LogP contribution in [0.5, 0.6) is 5.75 Å². The summed E-state index contributed by atoms with van der Waals surface area (Å²) in [6.45, 7) is 0. The molecule has 0 bridgehead atoms. The van der Waals surface area contributed by atoms with E-state index in [-0.39, 0.29) is 0 Å². The van der Waals surface area contributed by atoms with Crippen LogP contribution in [0.3, 0.4) is 0 Å². The quantitative estimate of drug-likeness (QED) is 0.842. The highest BCUT2D eigenvalue weighted by Gasteiger charge is 2.09. The molecule has 0 atom stereocenters. The van der Waals surface area contributed by atoms with Crippen molar-refractivity contribution in [2.75, 3.05) is 7.11 Å². The average Bonchev–Trinajstić information content (AvgIpc) is 2.65. The molecule has 0 aliphatic heterocycles. The van der Waals surface area contributed by atoms with Crippen molar-refractivity contribution in [1.29, 1.82) is 0 Å². The maximum atomic E-state index is 5.17. The molecular formula is C8H6BrN3OS. The Hall–Kier alpha value is -1.01. The van der Waals surface area contributed by atoms with E-state index in [9.17, 15) is 0 Å². The van der Waals surface area contributed by atoms with Crippen LogP contribution >= 0.6 is 27.3 Å². The number of aromatic nitrogens is 3. The van der Waals surface area contributed by atoms with Gasteiger partial charge < -0.3 is 4.74 Å². The van der Waals surface area contributed by atoms with Gasteiger partial charge in [-0.05, 0) is 22.0 Å². The van der Waals surface area contributed by atoms with Gasteiger partial charge in [0.05, 0.1) is 18.9 Å². The zero-order valence-corrected chi connectivity index (χ0v) is 9.67. The first kappa shape index (κ1) is 9.54.